The zero-order chi connectivity index (χ0) is 13.2. The van der Waals surface area contributed by atoms with Crippen molar-refractivity contribution in [1.29, 1.82) is 0 Å². The van der Waals surface area contributed by atoms with Crippen molar-refractivity contribution < 1.29 is 18.9 Å². The van der Waals surface area contributed by atoms with Crippen molar-refractivity contribution >= 4 is 10.8 Å². The van der Waals surface area contributed by atoms with Crippen LogP contribution in [0.25, 0.3) is 10.8 Å². The van der Waals surface area contributed by atoms with Gasteiger partial charge in [0.15, 0.2) is 0 Å². The van der Waals surface area contributed by atoms with Gasteiger partial charge in [-0.3, -0.25) is 0 Å². The van der Waals surface area contributed by atoms with Crippen molar-refractivity contribution in [3.63, 3.8) is 0 Å². The minimum Gasteiger partial charge on any atom is -0.302 e. The summed E-state index contributed by atoms with van der Waals surface area (Å²) >= 11 is 0. The average molecular weight is 255 g/mol. The Morgan fingerprint density at radius 1 is 0.850 bits per heavy atom. The molecule has 0 heterocycles. The Labute approximate surface area is 134 Å². The molecule has 1 unspecified atom stereocenters. The van der Waals surface area contributed by atoms with E-state index >= 15 is 0 Å². The van der Waals surface area contributed by atoms with Crippen LogP contribution in [0.15, 0.2) is 42.5 Å². The fourth-order valence-electron chi connectivity index (χ4n) is 2.82. The van der Waals surface area contributed by atoms with Gasteiger partial charge in [0.1, 0.15) is 0 Å². The Morgan fingerprint density at radius 3 is 2.20 bits per heavy atom. The number of nitrogens with zero attached hydrogens (tertiary/aromatic N) is 1. The molecule has 0 bridgehead atoms. The molecule has 2 aromatic carbocycles. The summed E-state index contributed by atoms with van der Waals surface area (Å²) in [6.07, 6.45) is 8.62. The molecule has 2 aromatic rings. The molecule has 1 aliphatic carbocycles. The van der Waals surface area contributed by atoms with Gasteiger partial charge in [-0.2, -0.15) is 0 Å². The first kappa shape index (κ1) is 15.6. The minimum atomic E-state index is 0. The van der Waals surface area contributed by atoms with Crippen LogP contribution in [0.3, 0.4) is 0 Å². The van der Waals surface area contributed by atoms with Gasteiger partial charge in [0.05, 0.1) is 0 Å². The standard InChI is InChI=1S/C18H18N.Li/c1-19(2)18(15-9-3-4-10-15)17-13-7-11-14-8-5-6-12-16(14)17;/h3-13,18H,1-2H3;/q;+1. The molecule has 0 saturated heterocycles. The maximum absolute atomic E-state index is 2.27. The van der Waals surface area contributed by atoms with Gasteiger partial charge in [-0.1, -0.05) is 42.5 Å². The first-order valence-electron chi connectivity index (χ1n) is 6.63. The summed E-state index contributed by atoms with van der Waals surface area (Å²) in [6.45, 7) is 0. The molecule has 0 aliphatic heterocycles. The van der Waals surface area contributed by atoms with Crippen LogP contribution in [-0.4, -0.2) is 19.0 Å². The summed E-state index contributed by atoms with van der Waals surface area (Å²) in [4.78, 5) is 2.27. The molecule has 1 nitrogen and oxygen atoms in total. The molecule has 1 saturated carbocycles. The monoisotopic (exact) mass is 255 g/mol. The van der Waals surface area contributed by atoms with E-state index in [9.17, 15) is 0 Å². The predicted molar refractivity (Wildman–Crippen MR) is 80.8 cm³/mol. The van der Waals surface area contributed by atoms with E-state index in [1.54, 1.807) is 0 Å². The Hall–Kier alpha value is -0.743. The number of hydrogen-bond acceptors (Lipinski definition) is 1. The van der Waals surface area contributed by atoms with Gasteiger partial charge in [0, 0.05) is 12.0 Å². The van der Waals surface area contributed by atoms with Crippen LogP contribution in [0, 0.1) is 31.6 Å². The third-order valence-corrected chi connectivity index (χ3v) is 3.64. The molecule has 0 amide bonds. The van der Waals surface area contributed by atoms with Crippen molar-refractivity contribution in [2.45, 2.75) is 6.04 Å². The molecule has 20 heavy (non-hydrogen) atoms. The van der Waals surface area contributed by atoms with E-state index in [4.69, 9.17) is 0 Å². The molecular formula is C18H18LiN+. The first-order chi connectivity index (χ1) is 9.27. The van der Waals surface area contributed by atoms with Gasteiger partial charge in [-0.05, 0) is 56.1 Å². The van der Waals surface area contributed by atoms with Gasteiger partial charge in [-0.25, -0.2) is 0 Å². The first-order valence-corrected chi connectivity index (χ1v) is 6.63. The largest absolute Gasteiger partial charge is 1.00 e. The maximum atomic E-state index is 2.27. The van der Waals surface area contributed by atoms with Crippen LogP contribution in [0.1, 0.15) is 11.6 Å². The van der Waals surface area contributed by atoms with Gasteiger partial charge < -0.3 is 4.90 Å². The summed E-state index contributed by atoms with van der Waals surface area (Å²) in [7, 11) is 4.28. The van der Waals surface area contributed by atoms with Gasteiger partial charge in [-0.15, -0.1) is 0 Å². The molecule has 3 rings (SSSR count). The number of rotatable bonds is 3. The van der Waals surface area contributed by atoms with Crippen molar-refractivity contribution in [2.24, 2.45) is 0 Å². The number of fused-ring (bicyclic) bond motifs is 1. The molecule has 1 fully saturated rings. The third kappa shape index (κ3) is 2.96. The molecule has 0 N–H and O–H groups in total. The fraction of sp³-hybridized carbons (Fsp3) is 0.167. The van der Waals surface area contributed by atoms with Gasteiger partial charge >= 0.3 is 18.9 Å². The Bertz CT molecular complexity index is 553. The molecule has 95 valence electrons. The average Bonchev–Trinajstić information content (AvgIpc) is 2.93. The zero-order valence-corrected chi connectivity index (χ0v) is 12.4. The predicted octanol–water partition coefficient (Wildman–Crippen LogP) is 0.852. The number of hydrogen-bond donors (Lipinski definition) is 0. The van der Waals surface area contributed by atoms with Crippen LogP contribution in [0.2, 0.25) is 0 Å². The Kier molecular flexibility index (Phi) is 5.33. The van der Waals surface area contributed by atoms with Crippen molar-refractivity contribution in [1.82, 2.24) is 4.90 Å². The van der Waals surface area contributed by atoms with E-state index in [-0.39, 0.29) is 18.9 Å². The van der Waals surface area contributed by atoms with Gasteiger partial charge in [0.25, 0.3) is 0 Å². The summed E-state index contributed by atoms with van der Waals surface area (Å²) in [5, 5.41) is 2.64. The van der Waals surface area contributed by atoms with E-state index in [2.05, 4.69) is 87.1 Å². The maximum Gasteiger partial charge on any atom is 1.00 e. The normalized spacial score (nSPS) is 17.4. The van der Waals surface area contributed by atoms with E-state index in [0.717, 1.165) is 0 Å². The van der Waals surface area contributed by atoms with Crippen LogP contribution >= 0.6 is 0 Å². The third-order valence-electron chi connectivity index (χ3n) is 3.64. The molecule has 2 heteroatoms. The summed E-state index contributed by atoms with van der Waals surface area (Å²) in [5.41, 5.74) is 1.37. The van der Waals surface area contributed by atoms with Crippen LogP contribution in [-0.2, 0) is 0 Å². The van der Waals surface area contributed by atoms with Crippen LogP contribution in [0.5, 0.6) is 0 Å². The second-order valence-corrected chi connectivity index (χ2v) is 5.15. The number of benzene rings is 2. The Balaban J connectivity index is 0.00000147. The molecule has 0 spiro atoms. The summed E-state index contributed by atoms with van der Waals surface area (Å²) in [6, 6.07) is 15.5. The molecule has 5 radical (unpaired) electrons. The fourth-order valence-corrected chi connectivity index (χ4v) is 2.82. The molecule has 1 atom stereocenters. The van der Waals surface area contributed by atoms with Crippen LogP contribution in [0.4, 0.5) is 0 Å². The van der Waals surface area contributed by atoms with E-state index in [0.29, 0.717) is 6.04 Å². The molecule has 1 aliphatic rings. The van der Waals surface area contributed by atoms with Crippen LogP contribution < -0.4 is 18.9 Å². The molecule has 0 aromatic heterocycles. The second kappa shape index (κ2) is 6.81. The SMILES string of the molecule is CN(C)C([C]1[CH][CH][CH][CH]1)c1cccc2ccccc12.[Li+]. The zero-order valence-electron chi connectivity index (χ0n) is 12.4. The van der Waals surface area contributed by atoms with E-state index in [1.165, 1.54) is 22.3 Å². The summed E-state index contributed by atoms with van der Waals surface area (Å²) < 4.78 is 0. The minimum absolute atomic E-state index is 0. The molecular weight excluding hydrogens is 237 g/mol. The van der Waals surface area contributed by atoms with Crippen molar-refractivity contribution in [2.75, 3.05) is 14.1 Å². The topological polar surface area (TPSA) is 3.24 Å². The summed E-state index contributed by atoms with van der Waals surface area (Å²) in [5.74, 6) is 1.35. The smallest absolute Gasteiger partial charge is 0.302 e. The van der Waals surface area contributed by atoms with E-state index < -0.39 is 0 Å². The van der Waals surface area contributed by atoms with Gasteiger partial charge in [0.2, 0.25) is 0 Å². The quantitative estimate of drug-likeness (QED) is 0.735. The van der Waals surface area contributed by atoms with Crippen molar-refractivity contribution in [3.05, 3.63) is 79.6 Å². The van der Waals surface area contributed by atoms with Crippen molar-refractivity contribution in [3.8, 4) is 0 Å². The second-order valence-electron chi connectivity index (χ2n) is 5.15. The Morgan fingerprint density at radius 2 is 1.50 bits per heavy atom. The van der Waals surface area contributed by atoms with E-state index in [1.807, 2.05) is 0 Å².